The lowest BCUT2D eigenvalue weighted by molar-refractivity contribution is -0.757. The van der Waals surface area contributed by atoms with Crippen LogP contribution < -0.4 is 0 Å². The van der Waals surface area contributed by atoms with Crippen LogP contribution in [0.5, 0.6) is 0 Å². The Hall–Kier alpha value is -2.33. The fourth-order valence-electron chi connectivity index (χ4n) is 8.34. The molecular formula is C27H39NO9. The smallest absolute Gasteiger partial charge is 0.306 e. The van der Waals surface area contributed by atoms with Crippen LogP contribution in [0.2, 0.25) is 0 Å². The van der Waals surface area contributed by atoms with Crippen molar-refractivity contribution in [2.45, 2.75) is 96.2 Å². The highest BCUT2D eigenvalue weighted by Crippen LogP contribution is 2.68. The first-order chi connectivity index (χ1) is 17.5. The summed E-state index contributed by atoms with van der Waals surface area (Å²) in [4.78, 5) is 52.8. The Morgan fingerprint density at radius 2 is 1.97 bits per heavy atom. The van der Waals surface area contributed by atoms with Crippen molar-refractivity contribution in [3.63, 3.8) is 0 Å². The summed E-state index contributed by atoms with van der Waals surface area (Å²) in [7, 11) is 0. The molecule has 0 amide bonds. The summed E-state index contributed by atoms with van der Waals surface area (Å²) in [5.41, 5.74) is -1.47. The molecule has 4 aliphatic carbocycles. The summed E-state index contributed by atoms with van der Waals surface area (Å²) in [6.45, 7) is 3.29. The van der Waals surface area contributed by atoms with Crippen LogP contribution in [0.4, 0.5) is 0 Å². The predicted octanol–water partition coefficient (Wildman–Crippen LogP) is 3.10. The molecule has 0 spiro atoms. The molecule has 0 radical (unpaired) electrons. The van der Waals surface area contributed by atoms with Crippen LogP contribution in [-0.2, 0) is 24.0 Å². The maximum absolute atomic E-state index is 13.3. The third-order valence-corrected chi connectivity index (χ3v) is 10.1. The van der Waals surface area contributed by atoms with E-state index in [4.69, 9.17) is 4.74 Å². The zero-order chi connectivity index (χ0) is 27.0. The molecule has 0 aromatic carbocycles. The van der Waals surface area contributed by atoms with Crippen LogP contribution in [0.1, 0.15) is 84.5 Å². The van der Waals surface area contributed by atoms with E-state index in [9.17, 15) is 34.7 Å². The summed E-state index contributed by atoms with van der Waals surface area (Å²) >= 11 is 0. The van der Waals surface area contributed by atoms with E-state index < -0.39 is 40.6 Å². The maximum atomic E-state index is 13.3. The zero-order valence-corrected chi connectivity index (χ0v) is 21.8. The average Bonchev–Trinajstić information content (AvgIpc) is 3.13. The van der Waals surface area contributed by atoms with Crippen LogP contribution in [0, 0.1) is 38.7 Å². The third kappa shape index (κ3) is 4.71. The van der Waals surface area contributed by atoms with E-state index in [1.807, 2.05) is 6.92 Å². The second-order valence-corrected chi connectivity index (χ2v) is 11.9. The number of carbonyl (C=O) groups excluding carboxylic acids is 3. The first kappa shape index (κ1) is 27.7. The van der Waals surface area contributed by atoms with Crippen LogP contribution in [0.3, 0.4) is 0 Å². The standard InChI is InChI=1S/C27H39NO9/c1-25-11-9-18(30)14-17(25)7-8-19-20-10-12-27(22(32)16-29,26(20,2)15-21(31)24(19)25)37-23(33)6-4-3-5-13-36-28(34)35/h7,19-21,24,29,31H,3-6,8-16H2,1-2H3/t19?,20?,21-,24+,25-,26-,27-/m0/s1. The number of rotatable bonds is 10. The lowest BCUT2D eigenvalue weighted by atomic mass is 9.46. The zero-order valence-electron chi connectivity index (χ0n) is 21.8. The number of hydrogen-bond acceptors (Lipinski definition) is 9. The van der Waals surface area contributed by atoms with Crippen molar-refractivity contribution in [1.29, 1.82) is 0 Å². The van der Waals surface area contributed by atoms with Crippen molar-refractivity contribution in [1.82, 2.24) is 0 Å². The van der Waals surface area contributed by atoms with Gasteiger partial charge in [-0.1, -0.05) is 31.9 Å². The third-order valence-electron chi connectivity index (χ3n) is 10.1. The number of aliphatic hydroxyl groups is 2. The normalized spacial score (nSPS) is 38.6. The second-order valence-electron chi connectivity index (χ2n) is 11.9. The summed E-state index contributed by atoms with van der Waals surface area (Å²) in [5, 5.41) is 30.9. The van der Waals surface area contributed by atoms with Gasteiger partial charge in [0.1, 0.15) is 12.4 Å². The highest BCUT2D eigenvalue weighted by Gasteiger charge is 2.70. The van der Waals surface area contributed by atoms with Gasteiger partial charge in [0.2, 0.25) is 5.78 Å². The van der Waals surface area contributed by atoms with Crippen molar-refractivity contribution in [2.24, 2.45) is 28.6 Å². The molecule has 0 aromatic rings. The molecule has 4 aliphatic rings. The van der Waals surface area contributed by atoms with Gasteiger partial charge in [-0.05, 0) is 68.1 Å². The van der Waals surface area contributed by atoms with Crippen LogP contribution in [0.15, 0.2) is 11.6 Å². The van der Waals surface area contributed by atoms with E-state index in [1.165, 1.54) is 0 Å². The Morgan fingerprint density at radius 1 is 1.22 bits per heavy atom. The van der Waals surface area contributed by atoms with E-state index in [1.54, 1.807) is 0 Å². The minimum Gasteiger partial charge on any atom is -0.450 e. The van der Waals surface area contributed by atoms with Gasteiger partial charge in [0.15, 0.2) is 5.60 Å². The number of nitrogens with zero attached hydrogens (tertiary/aromatic N) is 1. The molecule has 10 nitrogen and oxygen atoms in total. The molecule has 2 unspecified atom stereocenters. The fourth-order valence-corrected chi connectivity index (χ4v) is 8.34. The van der Waals surface area contributed by atoms with E-state index in [0.717, 1.165) is 5.57 Å². The predicted molar refractivity (Wildman–Crippen MR) is 130 cm³/mol. The molecule has 0 saturated heterocycles. The van der Waals surface area contributed by atoms with Gasteiger partial charge in [-0.15, -0.1) is 10.1 Å². The second kappa shape index (κ2) is 10.4. The summed E-state index contributed by atoms with van der Waals surface area (Å²) < 4.78 is 5.98. The largest absolute Gasteiger partial charge is 0.450 e. The number of Topliss-reactive ketones (excluding diaryl/α,β-unsaturated/α-hetero) is 2. The number of ketones is 2. The first-order valence-electron chi connectivity index (χ1n) is 13.5. The molecule has 7 atom stereocenters. The Balaban J connectivity index is 1.52. The van der Waals surface area contributed by atoms with Gasteiger partial charge in [-0.2, -0.15) is 0 Å². The summed E-state index contributed by atoms with van der Waals surface area (Å²) in [6, 6.07) is 0. The van der Waals surface area contributed by atoms with E-state index in [0.29, 0.717) is 57.8 Å². The van der Waals surface area contributed by atoms with Gasteiger partial charge in [0.25, 0.3) is 5.09 Å². The molecule has 37 heavy (non-hydrogen) atoms. The molecule has 2 N–H and O–H groups in total. The molecule has 0 aromatic heterocycles. The van der Waals surface area contributed by atoms with Crippen LogP contribution in [0.25, 0.3) is 0 Å². The molecule has 206 valence electrons. The Labute approximate surface area is 216 Å². The van der Waals surface area contributed by atoms with E-state index in [-0.39, 0.29) is 48.4 Å². The Kier molecular flexibility index (Phi) is 7.82. The number of fused-ring (bicyclic) bond motifs is 5. The van der Waals surface area contributed by atoms with Crippen molar-refractivity contribution < 1.29 is 39.3 Å². The molecule has 3 saturated carbocycles. The van der Waals surface area contributed by atoms with Gasteiger partial charge in [-0.3, -0.25) is 14.4 Å². The number of esters is 1. The van der Waals surface area contributed by atoms with Gasteiger partial charge in [0.05, 0.1) is 12.7 Å². The SMILES string of the molecule is C[C@]12CCC(=O)CC1=CCC1C3CC[C@](OC(=O)CCCCCO[N+](=O)[O-])(C(=O)CO)[C@@]3(C)C[C@H](O)[C@@H]12. The van der Waals surface area contributed by atoms with Gasteiger partial charge in [-0.25, -0.2) is 0 Å². The number of ether oxygens (including phenoxy) is 1. The van der Waals surface area contributed by atoms with Crippen molar-refractivity contribution in [3.8, 4) is 0 Å². The molecule has 0 aliphatic heterocycles. The van der Waals surface area contributed by atoms with Crippen molar-refractivity contribution >= 4 is 17.5 Å². The highest BCUT2D eigenvalue weighted by molar-refractivity contribution is 5.92. The molecular weight excluding hydrogens is 482 g/mol. The number of hydrogen-bond donors (Lipinski definition) is 2. The minimum atomic E-state index is -1.50. The Morgan fingerprint density at radius 3 is 2.68 bits per heavy atom. The molecule has 4 rings (SSSR count). The van der Waals surface area contributed by atoms with Gasteiger partial charge in [0, 0.05) is 24.7 Å². The number of aliphatic hydroxyl groups excluding tert-OH is 2. The topological polar surface area (TPSA) is 153 Å². The van der Waals surface area contributed by atoms with Crippen molar-refractivity contribution in [2.75, 3.05) is 13.2 Å². The highest BCUT2D eigenvalue weighted by atomic mass is 16.9. The van der Waals surface area contributed by atoms with Crippen molar-refractivity contribution in [3.05, 3.63) is 21.8 Å². The fraction of sp³-hybridized carbons (Fsp3) is 0.815. The van der Waals surface area contributed by atoms with E-state index >= 15 is 0 Å². The summed E-state index contributed by atoms with van der Waals surface area (Å²) in [5.74, 6) is -0.754. The first-order valence-corrected chi connectivity index (χ1v) is 13.5. The Bertz CT molecular complexity index is 979. The van der Waals surface area contributed by atoms with Gasteiger partial charge < -0.3 is 19.8 Å². The average molecular weight is 522 g/mol. The molecule has 3 fully saturated rings. The number of allylic oxidation sites excluding steroid dienone is 2. The number of carbonyl (C=O) groups is 3. The number of unbranched alkanes of at least 4 members (excludes halogenated alkanes) is 2. The van der Waals surface area contributed by atoms with Crippen LogP contribution in [-0.4, -0.2) is 57.8 Å². The lowest BCUT2D eigenvalue weighted by Crippen LogP contribution is -2.63. The summed E-state index contributed by atoms with van der Waals surface area (Å²) in [6.07, 6.45) is 6.48. The molecule has 0 bridgehead atoms. The van der Waals surface area contributed by atoms with Gasteiger partial charge >= 0.3 is 5.97 Å². The monoisotopic (exact) mass is 521 g/mol. The van der Waals surface area contributed by atoms with Crippen LogP contribution >= 0.6 is 0 Å². The maximum Gasteiger partial charge on any atom is 0.306 e. The minimum absolute atomic E-state index is 0.0238. The molecule has 0 heterocycles. The quantitative estimate of drug-likeness (QED) is 0.145. The molecule has 10 heteroatoms. The lowest BCUT2D eigenvalue weighted by Gasteiger charge is -2.60. The van der Waals surface area contributed by atoms with E-state index in [2.05, 4.69) is 17.8 Å².